The minimum absolute atomic E-state index is 0.0164. The second-order valence-corrected chi connectivity index (χ2v) is 3.47. The SMILES string of the molecule is CC(=O)C(C)NC(=O)C1CCC1. The van der Waals surface area contributed by atoms with Gasteiger partial charge in [-0.3, -0.25) is 9.59 Å². The molecule has 0 spiro atoms. The normalized spacial score (nSPS) is 19.5. The van der Waals surface area contributed by atoms with E-state index in [1.165, 1.54) is 6.92 Å². The van der Waals surface area contributed by atoms with Crippen molar-refractivity contribution in [2.24, 2.45) is 5.92 Å². The number of Topliss-reactive ketones (excluding diaryl/α,β-unsaturated/α-hetero) is 1. The summed E-state index contributed by atoms with van der Waals surface area (Å²) >= 11 is 0. The molecule has 0 aromatic heterocycles. The Bertz CT molecular complexity index is 197. The summed E-state index contributed by atoms with van der Waals surface area (Å²) in [5.74, 6) is 0.235. The zero-order chi connectivity index (χ0) is 9.14. The van der Waals surface area contributed by atoms with Gasteiger partial charge in [0.25, 0.3) is 0 Å². The maximum absolute atomic E-state index is 11.3. The third-order valence-corrected chi connectivity index (χ3v) is 2.44. The van der Waals surface area contributed by atoms with Gasteiger partial charge in [-0.2, -0.15) is 0 Å². The molecule has 0 radical (unpaired) electrons. The number of amides is 1. The molecule has 1 atom stereocenters. The summed E-state index contributed by atoms with van der Waals surface area (Å²) in [6.07, 6.45) is 3.11. The number of hydrogen-bond donors (Lipinski definition) is 1. The van der Waals surface area contributed by atoms with Crippen molar-refractivity contribution in [2.75, 3.05) is 0 Å². The van der Waals surface area contributed by atoms with Crippen LogP contribution in [0.25, 0.3) is 0 Å². The molecule has 1 fully saturated rings. The smallest absolute Gasteiger partial charge is 0.223 e. The summed E-state index contributed by atoms with van der Waals surface area (Å²) in [5.41, 5.74) is 0. The van der Waals surface area contributed by atoms with Crippen LogP contribution in [-0.4, -0.2) is 17.7 Å². The molecule has 1 amide bonds. The van der Waals surface area contributed by atoms with E-state index in [4.69, 9.17) is 0 Å². The molecule has 1 rings (SSSR count). The second-order valence-electron chi connectivity index (χ2n) is 3.47. The van der Waals surface area contributed by atoms with Gasteiger partial charge in [-0.15, -0.1) is 0 Å². The molecule has 1 unspecified atom stereocenters. The van der Waals surface area contributed by atoms with Crippen LogP contribution in [0.1, 0.15) is 33.1 Å². The summed E-state index contributed by atoms with van der Waals surface area (Å²) in [5, 5.41) is 2.69. The Hall–Kier alpha value is -0.860. The van der Waals surface area contributed by atoms with E-state index >= 15 is 0 Å². The Morgan fingerprint density at radius 3 is 2.33 bits per heavy atom. The van der Waals surface area contributed by atoms with E-state index in [1.54, 1.807) is 6.92 Å². The third-order valence-electron chi connectivity index (χ3n) is 2.44. The van der Waals surface area contributed by atoms with Crippen molar-refractivity contribution in [1.82, 2.24) is 5.32 Å². The van der Waals surface area contributed by atoms with Gasteiger partial charge < -0.3 is 5.32 Å². The predicted octanol–water partition coefficient (Wildman–Crippen LogP) is 0.880. The monoisotopic (exact) mass is 169 g/mol. The van der Waals surface area contributed by atoms with Gasteiger partial charge >= 0.3 is 0 Å². The van der Waals surface area contributed by atoms with Crippen LogP contribution in [0, 0.1) is 5.92 Å². The Labute approximate surface area is 72.5 Å². The molecule has 68 valence electrons. The van der Waals surface area contributed by atoms with Gasteiger partial charge in [0.2, 0.25) is 5.91 Å². The van der Waals surface area contributed by atoms with Gasteiger partial charge in [0.1, 0.15) is 0 Å². The number of hydrogen-bond acceptors (Lipinski definition) is 2. The molecule has 0 bridgehead atoms. The van der Waals surface area contributed by atoms with Crippen LogP contribution >= 0.6 is 0 Å². The molecule has 0 aromatic rings. The average Bonchev–Trinajstić information content (AvgIpc) is 1.82. The minimum atomic E-state index is -0.321. The fourth-order valence-electron chi connectivity index (χ4n) is 1.10. The van der Waals surface area contributed by atoms with Gasteiger partial charge in [0.15, 0.2) is 5.78 Å². The fraction of sp³-hybridized carbons (Fsp3) is 0.778. The second kappa shape index (κ2) is 3.70. The number of carbonyl (C=O) groups excluding carboxylic acids is 2. The van der Waals surface area contributed by atoms with Crippen LogP contribution in [0.4, 0.5) is 0 Å². The lowest BCUT2D eigenvalue weighted by Crippen LogP contribution is -2.42. The van der Waals surface area contributed by atoms with Crippen LogP contribution in [0.5, 0.6) is 0 Å². The van der Waals surface area contributed by atoms with Gasteiger partial charge in [-0.25, -0.2) is 0 Å². The van der Waals surface area contributed by atoms with E-state index in [0.717, 1.165) is 19.3 Å². The highest BCUT2D eigenvalue weighted by atomic mass is 16.2. The zero-order valence-corrected chi connectivity index (χ0v) is 7.59. The molecule has 1 aliphatic carbocycles. The van der Waals surface area contributed by atoms with Crippen molar-refractivity contribution in [1.29, 1.82) is 0 Å². The average molecular weight is 169 g/mol. The molecule has 3 heteroatoms. The minimum Gasteiger partial charge on any atom is -0.346 e. The first-order valence-corrected chi connectivity index (χ1v) is 4.42. The number of nitrogens with one attached hydrogen (secondary N) is 1. The maximum Gasteiger partial charge on any atom is 0.223 e. The first kappa shape index (κ1) is 9.23. The van der Waals surface area contributed by atoms with Crippen LogP contribution < -0.4 is 5.32 Å². The Morgan fingerprint density at radius 1 is 1.42 bits per heavy atom. The van der Waals surface area contributed by atoms with Crippen molar-refractivity contribution in [2.45, 2.75) is 39.2 Å². The standard InChI is InChI=1S/C9H15NO2/c1-6(7(2)11)10-9(12)8-4-3-5-8/h6,8H,3-5H2,1-2H3,(H,10,12). The van der Waals surface area contributed by atoms with Gasteiger partial charge in [0, 0.05) is 5.92 Å². The van der Waals surface area contributed by atoms with Gasteiger partial charge in [-0.05, 0) is 26.7 Å². The summed E-state index contributed by atoms with van der Waals surface area (Å²) in [6, 6.07) is -0.321. The summed E-state index contributed by atoms with van der Waals surface area (Å²) < 4.78 is 0. The molecule has 3 nitrogen and oxygen atoms in total. The van der Waals surface area contributed by atoms with E-state index in [1.807, 2.05) is 0 Å². The fourth-order valence-corrected chi connectivity index (χ4v) is 1.10. The first-order valence-electron chi connectivity index (χ1n) is 4.42. The van der Waals surface area contributed by atoms with E-state index in [0.29, 0.717) is 0 Å². The van der Waals surface area contributed by atoms with Gasteiger partial charge in [0.05, 0.1) is 6.04 Å². The molecule has 1 saturated carbocycles. The van der Waals surface area contributed by atoms with Crippen molar-refractivity contribution in [3.63, 3.8) is 0 Å². The molecular weight excluding hydrogens is 154 g/mol. The lowest BCUT2D eigenvalue weighted by molar-refractivity contribution is -0.131. The highest BCUT2D eigenvalue weighted by Gasteiger charge is 2.26. The number of ketones is 1. The lowest BCUT2D eigenvalue weighted by Gasteiger charge is -2.25. The Morgan fingerprint density at radius 2 is 2.00 bits per heavy atom. The van der Waals surface area contributed by atoms with E-state index in [9.17, 15) is 9.59 Å². The first-order chi connectivity index (χ1) is 5.61. The van der Waals surface area contributed by atoms with Gasteiger partial charge in [-0.1, -0.05) is 6.42 Å². The topological polar surface area (TPSA) is 46.2 Å². The lowest BCUT2D eigenvalue weighted by atomic mass is 9.84. The summed E-state index contributed by atoms with van der Waals surface area (Å²) in [4.78, 5) is 22.1. The molecule has 1 N–H and O–H groups in total. The van der Waals surface area contributed by atoms with Crippen LogP contribution in [-0.2, 0) is 9.59 Å². The third kappa shape index (κ3) is 2.06. The van der Waals surface area contributed by atoms with Crippen LogP contribution in [0.15, 0.2) is 0 Å². The summed E-state index contributed by atoms with van der Waals surface area (Å²) in [6.45, 7) is 3.21. The maximum atomic E-state index is 11.3. The molecule has 12 heavy (non-hydrogen) atoms. The highest BCUT2D eigenvalue weighted by molar-refractivity contribution is 5.88. The van der Waals surface area contributed by atoms with E-state index in [-0.39, 0.29) is 23.7 Å². The molecular formula is C9H15NO2. The summed E-state index contributed by atoms with van der Waals surface area (Å²) in [7, 11) is 0. The molecule has 0 aliphatic heterocycles. The number of carbonyl (C=O) groups is 2. The van der Waals surface area contributed by atoms with Crippen molar-refractivity contribution in [3.05, 3.63) is 0 Å². The molecule has 1 aliphatic rings. The molecule has 0 saturated heterocycles. The zero-order valence-electron chi connectivity index (χ0n) is 7.59. The largest absolute Gasteiger partial charge is 0.346 e. The van der Waals surface area contributed by atoms with Crippen LogP contribution in [0.3, 0.4) is 0 Å². The quantitative estimate of drug-likeness (QED) is 0.681. The van der Waals surface area contributed by atoms with Crippen LogP contribution in [0.2, 0.25) is 0 Å². The molecule has 0 aromatic carbocycles. The highest BCUT2D eigenvalue weighted by Crippen LogP contribution is 2.26. The Balaban J connectivity index is 2.29. The number of rotatable bonds is 3. The van der Waals surface area contributed by atoms with E-state index < -0.39 is 0 Å². The van der Waals surface area contributed by atoms with E-state index in [2.05, 4.69) is 5.32 Å². The Kier molecular flexibility index (Phi) is 2.84. The molecule has 0 heterocycles. The predicted molar refractivity (Wildman–Crippen MR) is 45.6 cm³/mol. The van der Waals surface area contributed by atoms with Crippen molar-refractivity contribution < 1.29 is 9.59 Å². The van der Waals surface area contributed by atoms with Crippen molar-refractivity contribution >= 4 is 11.7 Å². The van der Waals surface area contributed by atoms with Crippen molar-refractivity contribution in [3.8, 4) is 0 Å².